The zero-order valence-electron chi connectivity index (χ0n) is 16.0. The van der Waals surface area contributed by atoms with Gasteiger partial charge >= 0.3 is 0 Å². The summed E-state index contributed by atoms with van der Waals surface area (Å²) in [5.41, 5.74) is 0.412. The predicted molar refractivity (Wildman–Crippen MR) is 104 cm³/mol. The first kappa shape index (κ1) is 20.7. The third kappa shape index (κ3) is 6.26. The van der Waals surface area contributed by atoms with E-state index in [1.807, 2.05) is 0 Å². The lowest BCUT2D eigenvalue weighted by atomic mass is 9.80. The molecule has 1 aliphatic carbocycles. The first-order valence-electron chi connectivity index (χ1n) is 10.0. The molecule has 0 aromatic heterocycles. The predicted octanol–water partition coefficient (Wildman–Crippen LogP) is 7.02. The zero-order valence-corrected chi connectivity index (χ0v) is 16.0. The van der Waals surface area contributed by atoms with Crippen molar-refractivity contribution in [1.82, 2.24) is 0 Å². The number of aryl methyl sites for hydroxylation is 1. The van der Waals surface area contributed by atoms with Gasteiger partial charge in [0.1, 0.15) is 0 Å². The molecule has 0 atom stereocenters. The van der Waals surface area contributed by atoms with Crippen molar-refractivity contribution < 1.29 is 13.5 Å². The Labute approximate surface area is 157 Å². The van der Waals surface area contributed by atoms with Crippen LogP contribution in [-0.2, 0) is 6.42 Å². The summed E-state index contributed by atoms with van der Waals surface area (Å²) in [5.74, 6) is -0.119. The molecule has 144 valence electrons. The van der Waals surface area contributed by atoms with E-state index in [0.717, 1.165) is 12.3 Å². The third-order valence-electron chi connectivity index (χ3n) is 5.28. The van der Waals surface area contributed by atoms with E-state index in [1.165, 1.54) is 44.6 Å². The van der Waals surface area contributed by atoms with E-state index in [2.05, 4.69) is 25.7 Å². The van der Waals surface area contributed by atoms with Crippen molar-refractivity contribution in [2.45, 2.75) is 64.7 Å². The van der Waals surface area contributed by atoms with Crippen LogP contribution in [0.15, 0.2) is 36.9 Å². The molecule has 1 aliphatic rings. The monoisotopic (exact) mass is 362 g/mol. The second-order valence-electron chi connectivity index (χ2n) is 7.31. The van der Waals surface area contributed by atoms with E-state index in [0.29, 0.717) is 30.9 Å². The molecular formula is C23H32F2O. The lowest BCUT2D eigenvalue weighted by Crippen LogP contribution is -2.12. The van der Waals surface area contributed by atoms with E-state index in [4.69, 9.17) is 4.74 Å². The lowest BCUT2D eigenvalue weighted by Gasteiger charge is -2.26. The van der Waals surface area contributed by atoms with E-state index >= 15 is 0 Å². The van der Waals surface area contributed by atoms with Crippen LogP contribution in [0.3, 0.4) is 0 Å². The minimum Gasteiger partial charge on any atom is -0.490 e. The molecule has 2 rings (SSSR count). The van der Waals surface area contributed by atoms with Crippen LogP contribution in [0.2, 0.25) is 0 Å². The summed E-state index contributed by atoms with van der Waals surface area (Å²) in [6.07, 6.45) is 15.8. The maximum Gasteiger partial charge on any atom is 0.200 e. The molecule has 0 radical (unpaired) electrons. The molecule has 0 spiro atoms. The lowest BCUT2D eigenvalue weighted by molar-refractivity contribution is 0.294. The summed E-state index contributed by atoms with van der Waals surface area (Å²) < 4.78 is 33.5. The Kier molecular flexibility index (Phi) is 8.87. The highest BCUT2D eigenvalue weighted by Gasteiger charge is 2.18. The molecule has 1 saturated carbocycles. The van der Waals surface area contributed by atoms with Crippen molar-refractivity contribution in [3.8, 4) is 5.75 Å². The fourth-order valence-corrected chi connectivity index (χ4v) is 3.73. The van der Waals surface area contributed by atoms with Crippen molar-refractivity contribution >= 4 is 0 Å². The van der Waals surface area contributed by atoms with Gasteiger partial charge in [0.15, 0.2) is 11.6 Å². The highest BCUT2D eigenvalue weighted by Crippen LogP contribution is 2.32. The van der Waals surface area contributed by atoms with E-state index < -0.39 is 11.6 Å². The van der Waals surface area contributed by atoms with Gasteiger partial charge in [0.25, 0.3) is 0 Å². The molecule has 1 aromatic rings. The standard InChI is InChI=1S/C23H32F2O/c1-3-5-17-26-21-16-15-20(22(24)23(21)25)10-7-6-9-19-13-11-18(8-4-2)12-14-19/h3,6,9,15-16,18-19H,1,4-5,7-8,10-14,17H2,2H3/b9-6+. The van der Waals surface area contributed by atoms with Crippen molar-refractivity contribution in [2.75, 3.05) is 6.61 Å². The number of ether oxygens (including phenoxy) is 1. The number of halogens is 2. The second kappa shape index (κ2) is 11.2. The van der Waals surface area contributed by atoms with Crippen LogP contribution >= 0.6 is 0 Å². The van der Waals surface area contributed by atoms with Crippen LogP contribution in [-0.4, -0.2) is 6.61 Å². The molecule has 0 heterocycles. The van der Waals surface area contributed by atoms with Gasteiger partial charge in [0.2, 0.25) is 5.82 Å². The van der Waals surface area contributed by atoms with Crippen molar-refractivity contribution in [1.29, 1.82) is 0 Å². The highest BCUT2D eigenvalue weighted by molar-refractivity contribution is 5.31. The Bertz CT molecular complexity index is 586. The van der Waals surface area contributed by atoms with E-state index in [-0.39, 0.29) is 5.75 Å². The average Bonchev–Trinajstić information content (AvgIpc) is 2.65. The van der Waals surface area contributed by atoms with Gasteiger partial charge in [-0.2, -0.15) is 4.39 Å². The summed E-state index contributed by atoms with van der Waals surface area (Å²) in [6, 6.07) is 3.15. The van der Waals surface area contributed by atoms with Crippen LogP contribution in [0.25, 0.3) is 0 Å². The fraction of sp³-hybridized carbons (Fsp3) is 0.565. The molecule has 1 fully saturated rings. The molecule has 0 bridgehead atoms. The van der Waals surface area contributed by atoms with Crippen LogP contribution in [0.4, 0.5) is 8.78 Å². The Hall–Kier alpha value is -1.64. The van der Waals surface area contributed by atoms with Gasteiger partial charge in [-0.3, -0.25) is 0 Å². The van der Waals surface area contributed by atoms with E-state index in [1.54, 1.807) is 12.1 Å². The first-order valence-corrected chi connectivity index (χ1v) is 10.0. The summed E-state index contributed by atoms with van der Waals surface area (Å²) in [5, 5.41) is 0. The molecule has 0 unspecified atom stereocenters. The number of hydrogen-bond acceptors (Lipinski definition) is 1. The van der Waals surface area contributed by atoms with E-state index in [9.17, 15) is 8.78 Å². The Morgan fingerprint density at radius 2 is 1.88 bits per heavy atom. The van der Waals surface area contributed by atoms with Gasteiger partial charge in [-0.15, -0.1) is 6.58 Å². The molecule has 0 aliphatic heterocycles. The normalized spacial score (nSPS) is 20.4. The molecular weight excluding hydrogens is 330 g/mol. The minimum absolute atomic E-state index is 0.0209. The third-order valence-corrected chi connectivity index (χ3v) is 5.28. The average molecular weight is 363 g/mol. The summed E-state index contributed by atoms with van der Waals surface area (Å²) in [4.78, 5) is 0. The second-order valence-corrected chi connectivity index (χ2v) is 7.31. The van der Waals surface area contributed by atoms with Crippen molar-refractivity contribution in [3.63, 3.8) is 0 Å². The maximum absolute atomic E-state index is 14.2. The van der Waals surface area contributed by atoms with Crippen LogP contribution in [0.5, 0.6) is 5.75 Å². The topological polar surface area (TPSA) is 9.23 Å². The summed E-state index contributed by atoms with van der Waals surface area (Å²) in [6.45, 7) is 6.14. The molecule has 0 saturated heterocycles. The van der Waals surface area contributed by atoms with Crippen LogP contribution < -0.4 is 4.74 Å². The molecule has 1 aromatic carbocycles. The van der Waals surface area contributed by atoms with Gasteiger partial charge in [0.05, 0.1) is 6.61 Å². The SMILES string of the molecule is C=CCCOc1ccc(CC/C=C/C2CCC(CCC)CC2)c(F)c1F. The largest absolute Gasteiger partial charge is 0.490 e. The molecule has 0 N–H and O–H groups in total. The summed E-state index contributed by atoms with van der Waals surface area (Å²) in [7, 11) is 0. The van der Waals surface area contributed by atoms with Gasteiger partial charge < -0.3 is 4.74 Å². The van der Waals surface area contributed by atoms with Gasteiger partial charge in [-0.25, -0.2) is 4.39 Å². The Morgan fingerprint density at radius 1 is 1.12 bits per heavy atom. The first-order chi connectivity index (χ1) is 12.7. The Morgan fingerprint density at radius 3 is 2.58 bits per heavy atom. The summed E-state index contributed by atoms with van der Waals surface area (Å²) >= 11 is 0. The number of allylic oxidation sites excluding steroid dienone is 2. The van der Waals surface area contributed by atoms with Crippen molar-refractivity contribution in [2.24, 2.45) is 11.8 Å². The molecule has 0 amide bonds. The van der Waals surface area contributed by atoms with Gasteiger partial charge in [-0.1, -0.05) is 44.1 Å². The minimum atomic E-state index is -0.884. The number of rotatable bonds is 10. The quantitative estimate of drug-likeness (QED) is 0.321. The van der Waals surface area contributed by atoms with Gasteiger partial charge in [0, 0.05) is 0 Å². The van der Waals surface area contributed by atoms with Crippen molar-refractivity contribution in [3.05, 3.63) is 54.1 Å². The van der Waals surface area contributed by atoms with Crippen LogP contribution in [0, 0.1) is 23.5 Å². The zero-order chi connectivity index (χ0) is 18.8. The van der Waals surface area contributed by atoms with Crippen LogP contribution in [0.1, 0.15) is 63.9 Å². The number of hydrogen-bond donors (Lipinski definition) is 0. The Balaban J connectivity index is 1.78. The number of benzene rings is 1. The molecule has 26 heavy (non-hydrogen) atoms. The molecule has 1 nitrogen and oxygen atoms in total. The highest BCUT2D eigenvalue weighted by atomic mass is 19.2. The smallest absolute Gasteiger partial charge is 0.200 e. The maximum atomic E-state index is 14.2. The fourth-order valence-electron chi connectivity index (χ4n) is 3.73. The molecule has 3 heteroatoms. The van der Waals surface area contributed by atoms with Gasteiger partial charge in [-0.05, 0) is 68.4 Å².